The molecule has 2 rings (SSSR count). The molecule has 1 aliphatic rings. The largest absolute Gasteiger partial charge is 0.494 e. The summed E-state index contributed by atoms with van der Waals surface area (Å²) >= 11 is 0. The number of hydrogen-bond donors (Lipinski definition) is 0. The molecule has 116 valence electrons. The third-order valence-electron chi connectivity index (χ3n) is 4.51. The van der Waals surface area contributed by atoms with Gasteiger partial charge in [0.25, 0.3) is 0 Å². The van der Waals surface area contributed by atoms with Crippen LogP contribution in [0.5, 0.6) is 5.75 Å². The topological polar surface area (TPSA) is 29.5 Å². The second kappa shape index (κ2) is 7.60. The summed E-state index contributed by atoms with van der Waals surface area (Å²) in [5.74, 6) is 1.71. The quantitative estimate of drug-likeness (QED) is 0.746. The second-order valence-electron chi connectivity index (χ2n) is 6.12. The van der Waals surface area contributed by atoms with Crippen LogP contribution in [0.2, 0.25) is 0 Å². The molecule has 3 nitrogen and oxygen atoms in total. The molecular weight excluding hydrogens is 262 g/mol. The number of rotatable bonds is 6. The Bertz CT molecular complexity index is 455. The number of benzene rings is 1. The first-order valence-electron chi connectivity index (χ1n) is 8.08. The number of likely N-dealkylation sites (N-methyl/N-ethyl adjacent to an activating group) is 1. The highest BCUT2D eigenvalue weighted by atomic mass is 16.5. The molecule has 0 heterocycles. The van der Waals surface area contributed by atoms with Crippen molar-refractivity contribution in [1.82, 2.24) is 4.90 Å². The molecule has 1 aromatic rings. The van der Waals surface area contributed by atoms with E-state index < -0.39 is 0 Å². The molecule has 1 aliphatic carbocycles. The van der Waals surface area contributed by atoms with Gasteiger partial charge < -0.3 is 4.74 Å². The summed E-state index contributed by atoms with van der Waals surface area (Å²) in [6.45, 7) is 5.42. The molecule has 0 N–H and O–H groups in total. The van der Waals surface area contributed by atoms with E-state index >= 15 is 0 Å². The van der Waals surface area contributed by atoms with Crippen LogP contribution in [-0.4, -0.2) is 36.9 Å². The third-order valence-corrected chi connectivity index (χ3v) is 4.51. The summed E-state index contributed by atoms with van der Waals surface area (Å²) in [5.41, 5.74) is 0.772. The van der Waals surface area contributed by atoms with Crippen LogP contribution >= 0.6 is 0 Å². The Morgan fingerprint density at radius 1 is 1.24 bits per heavy atom. The minimum atomic E-state index is 0.193. The van der Waals surface area contributed by atoms with Crippen LogP contribution in [0.3, 0.4) is 0 Å². The normalized spacial score (nSPS) is 22.3. The fourth-order valence-electron chi connectivity index (χ4n) is 3.29. The van der Waals surface area contributed by atoms with Crippen molar-refractivity contribution < 1.29 is 9.53 Å². The van der Waals surface area contributed by atoms with E-state index in [0.29, 0.717) is 25.1 Å². The molecule has 1 aromatic carbocycles. The first-order chi connectivity index (χ1) is 10.1. The van der Waals surface area contributed by atoms with Gasteiger partial charge >= 0.3 is 0 Å². The molecule has 2 atom stereocenters. The average Bonchev–Trinajstić information content (AvgIpc) is 2.48. The summed E-state index contributed by atoms with van der Waals surface area (Å²) < 4.78 is 5.41. The fourth-order valence-corrected chi connectivity index (χ4v) is 3.29. The van der Waals surface area contributed by atoms with Crippen molar-refractivity contribution in [2.75, 3.05) is 20.2 Å². The molecule has 0 bridgehead atoms. The molecule has 0 aromatic heterocycles. The van der Waals surface area contributed by atoms with Crippen molar-refractivity contribution in [2.45, 2.75) is 45.6 Å². The first kappa shape index (κ1) is 16.0. The predicted molar refractivity (Wildman–Crippen MR) is 86.0 cm³/mol. The van der Waals surface area contributed by atoms with E-state index in [4.69, 9.17) is 4.74 Å². The van der Waals surface area contributed by atoms with Crippen molar-refractivity contribution in [3.05, 3.63) is 29.8 Å². The van der Waals surface area contributed by atoms with Gasteiger partial charge in [0.15, 0.2) is 5.78 Å². The van der Waals surface area contributed by atoms with Crippen LogP contribution in [0.15, 0.2) is 24.3 Å². The van der Waals surface area contributed by atoms with Crippen molar-refractivity contribution in [1.29, 1.82) is 0 Å². The fraction of sp³-hybridized carbons (Fsp3) is 0.611. The van der Waals surface area contributed by atoms with E-state index in [1.807, 2.05) is 31.2 Å². The Morgan fingerprint density at radius 3 is 2.52 bits per heavy atom. The maximum absolute atomic E-state index is 12.4. The van der Waals surface area contributed by atoms with Crippen LogP contribution in [0.4, 0.5) is 0 Å². The Labute approximate surface area is 128 Å². The first-order valence-corrected chi connectivity index (χ1v) is 8.08. The average molecular weight is 289 g/mol. The number of ether oxygens (including phenoxy) is 1. The van der Waals surface area contributed by atoms with E-state index in [2.05, 4.69) is 18.9 Å². The van der Waals surface area contributed by atoms with Gasteiger partial charge in [0, 0.05) is 11.6 Å². The summed E-state index contributed by atoms with van der Waals surface area (Å²) in [6, 6.07) is 8.03. The van der Waals surface area contributed by atoms with E-state index in [-0.39, 0.29) is 5.78 Å². The van der Waals surface area contributed by atoms with Crippen molar-refractivity contribution in [3.63, 3.8) is 0 Å². The lowest BCUT2D eigenvalue weighted by molar-refractivity contribution is 0.0851. The van der Waals surface area contributed by atoms with E-state index in [0.717, 1.165) is 11.3 Å². The zero-order valence-electron chi connectivity index (χ0n) is 13.5. The minimum Gasteiger partial charge on any atom is -0.494 e. The van der Waals surface area contributed by atoms with Crippen LogP contribution < -0.4 is 4.74 Å². The van der Waals surface area contributed by atoms with Gasteiger partial charge in [0.1, 0.15) is 5.75 Å². The number of nitrogens with zero attached hydrogens (tertiary/aromatic N) is 1. The molecule has 3 heteroatoms. The van der Waals surface area contributed by atoms with Crippen LogP contribution in [0, 0.1) is 5.92 Å². The zero-order valence-corrected chi connectivity index (χ0v) is 13.5. The van der Waals surface area contributed by atoms with E-state index in [9.17, 15) is 4.79 Å². The summed E-state index contributed by atoms with van der Waals surface area (Å²) in [4.78, 5) is 14.6. The molecule has 21 heavy (non-hydrogen) atoms. The molecule has 0 spiro atoms. The van der Waals surface area contributed by atoms with E-state index in [1.54, 1.807) is 0 Å². The molecule has 2 unspecified atom stereocenters. The van der Waals surface area contributed by atoms with Gasteiger partial charge in [-0.2, -0.15) is 0 Å². The Kier molecular flexibility index (Phi) is 5.80. The van der Waals surface area contributed by atoms with Gasteiger partial charge in [-0.15, -0.1) is 0 Å². The van der Waals surface area contributed by atoms with Gasteiger partial charge in [-0.05, 0) is 57.0 Å². The second-order valence-corrected chi connectivity index (χ2v) is 6.12. The highest BCUT2D eigenvalue weighted by molar-refractivity contribution is 5.97. The van der Waals surface area contributed by atoms with Crippen molar-refractivity contribution in [3.8, 4) is 5.75 Å². The summed E-state index contributed by atoms with van der Waals surface area (Å²) in [6.07, 6.45) is 5.12. The standard InChI is InChI=1S/C18H27NO2/c1-4-21-16-11-9-15(10-12-16)18(20)13-19(3)17-8-6-5-7-14(17)2/h9-12,14,17H,4-8,13H2,1-3H3. The maximum atomic E-state index is 12.4. The van der Waals surface area contributed by atoms with Gasteiger partial charge in [0.05, 0.1) is 13.2 Å². The molecule has 1 saturated carbocycles. The van der Waals surface area contributed by atoms with Gasteiger partial charge in [-0.3, -0.25) is 9.69 Å². The lowest BCUT2D eigenvalue weighted by Gasteiger charge is -2.35. The van der Waals surface area contributed by atoms with Gasteiger partial charge in [0.2, 0.25) is 0 Å². The molecule has 0 aliphatic heterocycles. The molecule has 1 fully saturated rings. The molecule has 0 radical (unpaired) electrons. The number of Topliss-reactive ketones (excluding diaryl/α,β-unsaturated/α-hetero) is 1. The van der Waals surface area contributed by atoms with Crippen LogP contribution in [0.25, 0.3) is 0 Å². The van der Waals surface area contributed by atoms with Crippen LogP contribution in [0.1, 0.15) is 49.9 Å². The van der Waals surface area contributed by atoms with Gasteiger partial charge in [-0.25, -0.2) is 0 Å². The summed E-state index contributed by atoms with van der Waals surface area (Å²) in [7, 11) is 2.08. The number of hydrogen-bond acceptors (Lipinski definition) is 3. The van der Waals surface area contributed by atoms with Crippen molar-refractivity contribution in [2.24, 2.45) is 5.92 Å². The Hall–Kier alpha value is -1.35. The highest BCUT2D eigenvalue weighted by Gasteiger charge is 2.26. The van der Waals surface area contributed by atoms with Gasteiger partial charge in [-0.1, -0.05) is 19.8 Å². The number of carbonyl (C=O) groups is 1. The Morgan fingerprint density at radius 2 is 1.90 bits per heavy atom. The SMILES string of the molecule is CCOc1ccc(C(=O)CN(C)C2CCCCC2C)cc1. The lowest BCUT2D eigenvalue weighted by atomic mass is 9.85. The summed E-state index contributed by atoms with van der Waals surface area (Å²) in [5, 5.41) is 0. The zero-order chi connectivity index (χ0) is 15.2. The smallest absolute Gasteiger partial charge is 0.176 e. The van der Waals surface area contributed by atoms with Crippen LogP contribution in [-0.2, 0) is 0 Å². The lowest BCUT2D eigenvalue weighted by Crippen LogP contribution is -2.41. The van der Waals surface area contributed by atoms with Crippen molar-refractivity contribution >= 4 is 5.78 Å². The van der Waals surface area contributed by atoms with E-state index in [1.165, 1.54) is 25.7 Å². The number of carbonyl (C=O) groups excluding carboxylic acids is 1. The third kappa shape index (κ3) is 4.31. The number of ketones is 1. The highest BCUT2D eigenvalue weighted by Crippen LogP contribution is 2.27. The molecule has 0 amide bonds. The molecular formula is C18H27NO2. The predicted octanol–water partition coefficient (Wildman–Crippen LogP) is 3.78. The minimum absolute atomic E-state index is 0.193. The maximum Gasteiger partial charge on any atom is 0.176 e. The molecule has 0 saturated heterocycles. The Balaban J connectivity index is 1.93. The monoisotopic (exact) mass is 289 g/mol.